The van der Waals surface area contributed by atoms with Gasteiger partial charge in [0.15, 0.2) is 5.78 Å². The van der Waals surface area contributed by atoms with Crippen molar-refractivity contribution in [3.8, 4) is 0 Å². The van der Waals surface area contributed by atoms with Gasteiger partial charge in [-0.2, -0.15) is 4.31 Å². The van der Waals surface area contributed by atoms with Crippen LogP contribution in [-0.2, 0) is 21.4 Å². The number of hydrogen-bond acceptors (Lipinski definition) is 5. The topological polar surface area (TPSA) is 83.6 Å². The van der Waals surface area contributed by atoms with Gasteiger partial charge in [0.2, 0.25) is 15.9 Å². The molecule has 37 heavy (non-hydrogen) atoms. The Balaban J connectivity index is 1.77. The lowest BCUT2D eigenvalue weighted by Gasteiger charge is -2.29. The summed E-state index contributed by atoms with van der Waals surface area (Å²) in [5, 5.41) is 4.91. The number of rotatable bonds is 9. The number of sulfonamides is 1. The zero-order valence-corrected chi connectivity index (χ0v) is 22.8. The highest BCUT2D eigenvalue weighted by molar-refractivity contribution is 7.89. The van der Waals surface area contributed by atoms with E-state index in [2.05, 4.69) is 5.32 Å². The van der Waals surface area contributed by atoms with Crippen LogP contribution in [0.15, 0.2) is 66.0 Å². The summed E-state index contributed by atoms with van der Waals surface area (Å²) in [7, 11) is -3.92. The standard InChI is InChI=1S/C27H28ClFN2O4S2/c1-3-15-37(34,35)31-24(27(33)30-16-18-10-12-19(29)13-11-18)17(2)23(25(31)22-9-6-14-36-22)26(32)20-7-4-5-8-21(20)28/h4-14,17,23-25H,3,15-16H2,1-2H3,(H,30,33). The first-order chi connectivity index (χ1) is 17.7. The number of amides is 1. The van der Waals surface area contributed by atoms with Gasteiger partial charge < -0.3 is 5.32 Å². The molecule has 1 amide bonds. The highest BCUT2D eigenvalue weighted by Crippen LogP contribution is 2.49. The highest BCUT2D eigenvalue weighted by atomic mass is 35.5. The summed E-state index contributed by atoms with van der Waals surface area (Å²) in [6.07, 6.45) is 0.359. The number of benzene rings is 2. The minimum absolute atomic E-state index is 0.0940. The smallest absolute Gasteiger partial charge is 0.239 e. The summed E-state index contributed by atoms with van der Waals surface area (Å²) >= 11 is 7.71. The highest BCUT2D eigenvalue weighted by Gasteiger charge is 2.57. The number of carbonyl (C=O) groups is 2. The molecule has 3 aromatic rings. The average Bonchev–Trinajstić information content (AvgIpc) is 3.50. The molecule has 0 spiro atoms. The number of hydrogen-bond donors (Lipinski definition) is 1. The molecule has 0 saturated carbocycles. The first-order valence-electron chi connectivity index (χ1n) is 12.0. The number of halogens is 2. The van der Waals surface area contributed by atoms with E-state index in [1.807, 2.05) is 5.38 Å². The van der Waals surface area contributed by atoms with E-state index in [0.29, 0.717) is 22.4 Å². The number of ketones is 1. The molecule has 1 N–H and O–H groups in total. The minimum atomic E-state index is -3.92. The van der Waals surface area contributed by atoms with Gasteiger partial charge in [0.1, 0.15) is 11.9 Å². The van der Waals surface area contributed by atoms with Crippen LogP contribution in [0.4, 0.5) is 4.39 Å². The lowest BCUT2D eigenvalue weighted by molar-refractivity contribution is -0.125. The SMILES string of the molecule is CCCS(=O)(=O)N1C(C(=O)NCc2ccc(F)cc2)C(C)C(C(=O)c2ccccc2Cl)C1c1cccs1. The molecule has 1 fully saturated rings. The second kappa shape index (κ2) is 11.4. The summed E-state index contributed by atoms with van der Waals surface area (Å²) in [4.78, 5) is 28.2. The number of thiophene rings is 1. The van der Waals surface area contributed by atoms with Gasteiger partial charge in [-0.15, -0.1) is 11.3 Å². The van der Waals surface area contributed by atoms with Crippen molar-refractivity contribution in [3.05, 3.63) is 92.9 Å². The number of nitrogens with one attached hydrogen (secondary N) is 1. The molecule has 2 heterocycles. The molecular weight excluding hydrogens is 535 g/mol. The largest absolute Gasteiger partial charge is 0.351 e. The monoisotopic (exact) mass is 562 g/mol. The molecule has 6 nitrogen and oxygen atoms in total. The summed E-state index contributed by atoms with van der Waals surface area (Å²) in [6.45, 7) is 3.59. The molecule has 1 aromatic heterocycles. The van der Waals surface area contributed by atoms with Crippen LogP contribution in [0.25, 0.3) is 0 Å². The summed E-state index contributed by atoms with van der Waals surface area (Å²) < 4.78 is 41.9. The van der Waals surface area contributed by atoms with Gasteiger partial charge in [-0.3, -0.25) is 9.59 Å². The Morgan fingerprint density at radius 1 is 1.08 bits per heavy atom. The Morgan fingerprint density at radius 2 is 1.78 bits per heavy atom. The predicted octanol–water partition coefficient (Wildman–Crippen LogP) is 5.46. The van der Waals surface area contributed by atoms with E-state index in [0.717, 1.165) is 0 Å². The molecular formula is C27H28ClFN2O4S2. The quantitative estimate of drug-likeness (QED) is 0.351. The molecule has 1 aliphatic heterocycles. The molecule has 4 rings (SSSR count). The molecule has 0 bridgehead atoms. The van der Waals surface area contributed by atoms with Crippen molar-refractivity contribution in [2.45, 2.75) is 38.9 Å². The van der Waals surface area contributed by atoms with Crippen molar-refractivity contribution in [3.63, 3.8) is 0 Å². The van der Waals surface area contributed by atoms with Gasteiger partial charge in [-0.05, 0) is 53.6 Å². The van der Waals surface area contributed by atoms with Crippen LogP contribution in [-0.4, -0.2) is 36.2 Å². The second-order valence-electron chi connectivity index (χ2n) is 9.12. The van der Waals surface area contributed by atoms with E-state index >= 15 is 0 Å². The molecule has 4 unspecified atom stereocenters. The third-order valence-electron chi connectivity index (χ3n) is 6.66. The van der Waals surface area contributed by atoms with Crippen LogP contribution in [0.2, 0.25) is 5.02 Å². The van der Waals surface area contributed by atoms with Crippen LogP contribution in [0.5, 0.6) is 0 Å². The van der Waals surface area contributed by atoms with Gasteiger partial charge >= 0.3 is 0 Å². The summed E-state index contributed by atoms with van der Waals surface area (Å²) in [5.74, 6) is -2.83. The van der Waals surface area contributed by atoms with E-state index in [9.17, 15) is 22.4 Å². The van der Waals surface area contributed by atoms with E-state index in [4.69, 9.17) is 11.6 Å². The van der Waals surface area contributed by atoms with Gasteiger partial charge in [-0.25, -0.2) is 12.8 Å². The Kier molecular flexibility index (Phi) is 8.48. The predicted molar refractivity (Wildman–Crippen MR) is 143 cm³/mol. The van der Waals surface area contributed by atoms with Crippen LogP contribution in [0.3, 0.4) is 0 Å². The average molecular weight is 563 g/mol. The van der Waals surface area contributed by atoms with Gasteiger partial charge in [0.05, 0.1) is 16.8 Å². The first-order valence-corrected chi connectivity index (χ1v) is 14.9. The second-order valence-corrected chi connectivity index (χ2v) is 12.5. The summed E-state index contributed by atoms with van der Waals surface area (Å²) in [6, 6.07) is 14.0. The fourth-order valence-electron chi connectivity index (χ4n) is 4.99. The number of nitrogens with zero attached hydrogens (tertiary/aromatic N) is 1. The van der Waals surface area contributed by atoms with Gasteiger partial charge in [-0.1, -0.05) is 55.8 Å². The van der Waals surface area contributed by atoms with Crippen molar-refractivity contribution in [1.29, 1.82) is 0 Å². The van der Waals surface area contributed by atoms with Crippen molar-refractivity contribution in [2.75, 3.05) is 5.75 Å². The molecule has 196 valence electrons. The maximum atomic E-state index is 13.9. The zero-order chi connectivity index (χ0) is 26.7. The Bertz CT molecular complexity index is 1360. The summed E-state index contributed by atoms with van der Waals surface area (Å²) in [5.41, 5.74) is 0.963. The third kappa shape index (κ3) is 5.65. The Hall–Kier alpha value is -2.59. The van der Waals surface area contributed by atoms with E-state index < -0.39 is 45.7 Å². The van der Waals surface area contributed by atoms with Crippen LogP contribution in [0.1, 0.15) is 47.1 Å². The van der Waals surface area contributed by atoms with E-state index in [1.165, 1.54) is 27.8 Å². The van der Waals surface area contributed by atoms with Crippen molar-refractivity contribution in [1.82, 2.24) is 9.62 Å². The molecule has 1 saturated heterocycles. The van der Waals surface area contributed by atoms with Crippen LogP contribution in [0, 0.1) is 17.7 Å². The fourth-order valence-corrected chi connectivity index (χ4v) is 8.11. The van der Waals surface area contributed by atoms with Crippen molar-refractivity contribution >= 4 is 44.7 Å². The van der Waals surface area contributed by atoms with Gasteiger partial charge in [0, 0.05) is 22.9 Å². The number of carbonyl (C=O) groups excluding carboxylic acids is 2. The van der Waals surface area contributed by atoms with E-state index in [1.54, 1.807) is 62.4 Å². The van der Waals surface area contributed by atoms with Crippen molar-refractivity contribution < 1.29 is 22.4 Å². The zero-order valence-electron chi connectivity index (χ0n) is 20.4. The lowest BCUT2D eigenvalue weighted by Crippen LogP contribution is -2.49. The van der Waals surface area contributed by atoms with Crippen molar-refractivity contribution in [2.24, 2.45) is 11.8 Å². The first kappa shape index (κ1) is 27.4. The Morgan fingerprint density at radius 3 is 2.41 bits per heavy atom. The Labute approximate surface area is 225 Å². The normalized spacial score (nSPS) is 22.2. The lowest BCUT2D eigenvalue weighted by atomic mass is 9.82. The minimum Gasteiger partial charge on any atom is -0.351 e. The number of Topliss-reactive ketones (excluding diaryl/α,β-unsaturated/α-hetero) is 1. The maximum absolute atomic E-state index is 13.9. The third-order valence-corrected chi connectivity index (χ3v) is 9.95. The molecule has 2 aromatic carbocycles. The maximum Gasteiger partial charge on any atom is 0.239 e. The fraction of sp³-hybridized carbons (Fsp3) is 0.333. The molecule has 1 aliphatic rings. The molecule has 0 aliphatic carbocycles. The molecule has 4 atom stereocenters. The van der Waals surface area contributed by atoms with Crippen LogP contribution >= 0.6 is 22.9 Å². The van der Waals surface area contributed by atoms with Crippen LogP contribution < -0.4 is 5.32 Å². The molecule has 0 radical (unpaired) electrons. The van der Waals surface area contributed by atoms with E-state index in [-0.39, 0.29) is 23.1 Å². The molecule has 10 heteroatoms. The van der Waals surface area contributed by atoms with Gasteiger partial charge in [0.25, 0.3) is 0 Å².